The summed E-state index contributed by atoms with van der Waals surface area (Å²) in [7, 11) is 2.84. The van der Waals surface area contributed by atoms with E-state index in [0.29, 0.717) is 30.6 Å². The number of allylic oxidation sites excluding steroid dienone is 2. The number of amides is 4. The number of aliphatic carboxylic acids is 1. The van der Waals surface area contributed by atoms with Gasteiger partial charge in [-0.1, -0.05) is 29.7 Å². The molecule has 1 saturated carbocycles. The third kappa shape index (κ3) is 5.12. The number of carbonyl (C=O) groups is 5. The topological polar surface area (TPSA) is 151 Å². The van der Waals surface area contributed by atoms with Crippen LogP contribution in [0.15, 0.2) is 42.0 Å². The molecule has 6 unspecified atom stereocenters. The van der Waals surface area contributed by atoms with Crippen molar-refractivity contribution in [2.24, 2.45) is 29.1 Å². The molecule has 11 nitrogen and oxygen atoms in total. The van der Waals surface area contributed by atoms with Crippen LogP contribution >= 0.6 is 11.6 Å². The molecule has 6 rings (SSSR count). The van der Waals surface area contributed by atoms with Crippen molar-refractivity contribution in [3.63, 3.8) is 0 Å². The van der Waals surface area contributed by atoms with Crippen molar-refractivity contribution in [2.75, 3.05) is 25.7 Å². The van der Waals surface area contributed by atoms with Gasteiger partial charge in [-0.3, -0.25) is 28.9 Å². The van der Waals surface area contributed by atoms with Crippen LogP contribution in [0.2, 0.25) is 5.02 Å². The molecule has 13 heteroatoms. The number of hydrogen-bond donors (Lipinski definition) is 2. The Morgan fingerprint density at radius 2 is 1.77 bits per heavy atom. The summed E-state index contributed by atoms with van der Waals surface area (Å²) in [6, 6.07) is 6.54. The summed E-state index contributed by atoms with van der Waals surface area (Å²) in [5.41, 5.74) is -0.499. The largest absolute Gasteiger partial charge is 0.507 e. The minimum absolute atomic E-state index is 0.000394. The minimum Gasteiger partial charge on any atom is -0.507 e. The zero-order valence-electron chi connectivity index (χ0n) is 26.7. The summed E-state index contributed by atoms with van der Waals surface area (Å²) in [6.45, 7) is 1.81. The maximum Gasteiger partial charge on any atom is 0.303 e. The molecule has 2 aliphatic heterocycles. The molecule has 2 saturated heterocycles. The van der Waals surface area contributed by atoms with E-state index in [1.807, 2.05) is 6.08 Å². The molecule has 0 radical (unpaired) electrons. The molecule has 6 atom stereocenters. The molecule has 2 heterocycles. The average molecular weight is 683 g/mol. The Hall–Kier alpha value is -4.45. The molecule has 2 N–H and O–H groups in total. The molecule has 48 heavy (non-hydrogen) atoms. The van der Waals surface area contributed by atoms with Gasteiger partial charge < -0.3 is 19.7 Å². The molecule has 2 aliphatic carbocycles. The first-order chi connectivity index (χ1) is 22.8. The number of benzene rings is 2. The summed E-state index contributed by atoms with van der Waals surface area (Å²) < 4.78 is 25.2. The number of ether oxygens (including phenoxy) is 2. The molecule has 0 bridgehead atoms. The molecule has 2 aromatic rings. The first kappa shape index (κ1) is 33.5. The Kier molecular flexibility index (Phi) is 8.74. The van der Waals surface area contributed by atoms with Crippen LogP contribution in [-0.2, 0) is 24.0 Å². The van der Waals surface area contributed by atoms with Crippen LogP contribution in [0, 0.1) is 34.9 Å². The van der Waals surface area contributed by atoms with E-state index >= 15 is 0 Å². The first-order valence-electron chi connectivity index (χ1n) is 15.9. The number of nitrogens with zero attached hydrogens (tertiary/aromatic N) is 2. The van der Waals surface area contributed by atoms with E-state index in [2.05, 4.69) is 0 Å². The van der Waals surface area contributed by atoms with E-state index in [1.165, 1.54) is 37.3 Å². The standard InChI is InChI=1S/C35H36ClFN2O9/c1-35-22(32(44)39(34(35)46)17-8-11-24(37)23(36)13-17)16-21-19(30(35)29-25(40)14-18(47-2)15-26(29)48-3)9-10-20-28(21)33(45)38(31(20)43)12-6-4-5-7-27(41)42/h8-9,11,13-15,20-22,28,30,40H,4-7,10,12,16H2,1-3H3,(H,41,42). The fourth-order valence-corrected chi connectivity index (χ4v) is 8.54. The van der Waals surface area contributed by atoms with Crippen LogP contribution < -0.4 is 14.4 Å². The molecule has 4 aliphatic rings. The van der Waals surface area contributed by atoms with E-state index in [0.717, 1.165) is 11.0 Å². The number of rotatable bonds is 10. The Labute approximate surface area is 281 Å². The number of phenols is 1. The zero-order valence-corrected chi connectivity index (χ0v) is 27.5. The number of halogens is 2. The highest BCUT2D eigenvalue weighted by molar-refractivity contribution is 6.31. The number of carboxylic acids is 1. The fraction of sp³-hybridized carbons (Fsp3) is 0.457. The molecule has 254 valence electrons. The summed E-state index contributed by atoms with van der Waals surface area (Å²) >= 11 is 6.07. The maximum absolute atomic E-state index is 14.6. The van der Waals surface area contributed by atoms with Gasteiger partial charge >= 0.3 is 5.97 Å². The lowest BCUT2D eigenvalue weighted by atomic mass is 9.51. The van der Waals surface area contributed by atoms with Crippen LogP contribution in [0.4, 0.5) is 10.1 Å². The van der Waals surface area contributed by atoms with Gasteiger partial charge in [-0.15, -0.1) is 0 Å². The average Bonchev–Trinajstić information content (AvgIpc) is 3.41. The van der Waals surface area contributed by atoms with Gasteiger partial charge in [0.15, 0.2) is 0 Å². The van der Waals surface area contributed by atoms with Crippen LogP contribution in [0.25, 0.3) is 0 Å². The molecular formula is C35H36ClFN2O9. The smallest absolute Gasteiger partial charge is 0.303 e. The normalized spacial score (nSPS) is 27.9. The van der Waals surface area contributed by atoms with Gasteiger partial charge in [0, 0.05) is 36.6 Å². The number of fused-ring (bicyclic) bond motifs is 4. The van der Waals surface area contributed by atoms with Crippen LogP contribution in [0.1, 0.15) is 56.9 Å². The van der Waals surface area contributed by atoms with Gasteiger partial charge in [-0.25, -0.2) is 9.29 Å². The maximum atomic E-state index is 14.6. The lowest BCUT2D eigenvalue weighted by molar-refractivity contribution is -0.141. The minimum atomic E-state index is -1.48. The predicted octanol–water partition coefficient (Wildman–Crippen LogP) is 5.08. The highest BCUT2D eigenvalue weighted by Crippen LogP contribution is 2.65. The number of likely N-dealkylation sites (tertiary alicyclic amines) is 1. The number of anilines is 1. The number of hydrogen-bond acceptors (Lipinski definition) is 8. The first-order valence-corrected chi connectivity index (χ1v) is 16.3. The second kappa shape index (κ2) is 12.5. The van der Waals surface area contributed by atoms with Crippen molar-refractivity contribution < 1.29 is 48.0 Å². The number of carboxylic acid groups (broad SMARTS) is 1. The van der Waals surface area contributed by atoms with E-state index in [1.54, 1.807) is 13.0 Å². The van der Waals surface area contributed by atoms with Crippen molar-refractivity contribution >= 4 is 46.9 Å². The van der Waals surface area contributed by atoms with E-state index in [-0.39, 0.29) is 65.4 Å². The Balaban J connectivity index is 1.44. The number of aromatic hydroxyl groups is 1. The summed E-state index contributed by atoms with van der Waals surface area (Å²) in [5.74, 6) is -7.21. The highest BCUT2D eigenvalue weighted by Gasteiger charge is 2.68. The van der Waals surface area contributed by atoms with Crippen molar-refractivity contribution in [3.8, 4) is 17.2 Å². The molecular weight excluding hydrogens is 647 g/mol. The zero-order chi connectivity index (χ0) is 34.7. The van der Waals surface area contributed by atoms with Gasteiger partial charge in [0.25, 0.3) is 0 Å². The van der Waals surface area contributed by atoms with Crippen LogP contribution in [0.5, 0.6) is 17.2 Å². The number of methoxy groups -OCH3 is 2. The van der Waals surface area contributed by atoms with Crippen molar-refractivity contribution in [2.45, 2.75) is 51.4 Å². The predicted molar refractivity (Wildman–Crippen MR) is 170 cm³/mol. The number of imide groups is 2. The monoisotopic (exact) mass is 682 g/mol. The van der Waals surface area contributed by atoms with Gasteiger partial charge in [-0.05, 0) is 56.7 Å². The number of phenolic OH excluding ortho intramolecular Hbond substituents is 1. The lowest BCUT2D eigenvalue weighted by Crippen LogP contribution is -2.49. The highest BCUT2D eigenvalue weighted by atomic mass is 35.5. The van der Waals surface area contributed by atoms with E-state index in [4.69, 9.17) is 26.2 Å². The van der Waals surface area contributed by atoms with Crippen molar-refractivity contribution in [1.82, 2.24) is 4.90 Å². The van der Waals surface area contributed by atoms with Crippen LogP contribution in [-0.4, -0.2) is 65.5 Å². The van der Waals surface area contributed by atoms with Gasteiger partial charge in [0.05, 0.1) is 48.1 Å². The summed E-state index contributed by atoms with van der Waals surface area (Å²) in [5, 5.41) is 20.2. The van der Waals surface area contributed by atoms with Crippen molar-refractivity contribution in [1.29, 1.82) is 0 Å². The van der Waals surface area contributed by atoms with E-state index in [9.17, 15) is 33.5 Å². The van der Waals surface area contributed by atoms with Crippen LogP contribution in [0.3, 0.4) is 0 Å². The molecule has 4 amide bonds. The SMILES string of the molecule is COc1cc(O)c(C2C3=CCC4C(=O)N(CCCCCC(=O)O)C(=O)C4C3CC3C(=O)N(c4ccc(F)c(Cl)c4)C(=O)C32C)c(OC)c1. The summed E-state index contributed by atoms with van der Waals surface area (Å²) in [4.78, 5) is 69.7. The quantitative estimate of drug-likeness (QED) is 0.199. The van der Waals surface area contributed by atoms with E-state index < -0.39 is 58.6 Å². The third-order valence-electron chi connectivity index (χ3n) is 10.6. The molecule has 3 fully saturated rings. The molecule has 0 spiro atoms. The molecule has 2 aromatic carbocycles. The second-order valence-corrected chi connectivity index (χ2v) is 13.5. The van der Waals surface area contributed by atoms with Crippen molar-refractivity contribution in [3.05, 3.63) is 58.4 Å². The Bertz CT molecular complexity index is 1760. The fourth-order valence-electron chi connectivity index (χ4n) is 8.37. The number of unbranched alkanes of at least 4 members (excludes halogenated alkanes) is 2. The van der Waals surface area contributed by atoms with Gasteiger partial charge in [-0.2, -0.15) is 0 Å². The lowest BCUT2D eigenvalue weighted by Gasteiger charge is -2.49. The molecule has 0 aromatic heterocycles. The second-order valence-electron chi connectivity index (χ2n) is 13.1. The number of carbonyl (C=O) groups excluding carboxylic acids is 4. The van der Waals surface area contributed by atoms with Gasteiger partial charge in [0.2, 0.25) is 23.6 Å². The third-order valence-corrected chi connectivity index (χ3v) is 10.9. The van der Waals surface area contributed by atoms with Gasteiger partial charge in [0.1, 0.15) is 23.1 Å². The Morgan fingerprint density at radius 1 is 1.02 bits per heavy atom. The Morgan fingerprint density at radius 3 is 2.44 bits per heavy atom. The summed E-state index contributed by atoms with van der Waals surface area (Å²) in [6.07, 6.45) is 3.57.